The summed E-state index contributed by atoms with van der Waals surface area (Å²) in [4.78, 5) is 4.14. The van der Waals surface area contributed by atoms with Crippen molar-refractivity contribution in [2.24, 2.45) is 0 Å². The van der Waals surface area contributed by atoms with Crippen molar-refractivity contribution < 1.29 is 0 Å². The lowest BCUT2D eigenvalue weighted by molar-refractivity contribution is 0.723. The Morgan fingerprint density at radius 3 is 3.00 bits per heavy atom. The minimum atomic E-state index is 0.662. The monoisotopic (exact) mass is 175 g/mol. The number of nitrogens with one attached hydrogen (secondary N) is 1. The van der Waals surface area contributed by atoms with Crippen LogP contribution in [0.4, 0.5) is 0 Å². The predicted octanol–water partition coefficient (Wildman–Crippen LogP) is 1.37. The van der Waals surface area contributed by atoms with Crippen LogP contribution in [0.25, 0.3) is 0 Å². The topological polar surface area (TPSA) is 48.7 Å². The Bertz CT molecular complexity index is 325. The highest BCUT2D eigenvalue weighted by molar-refractivity contribution is 5.34. The van der Waals surface area contributed by atoms with Gasteiger partial charge >= 0.3 is 0 Å². The van der Waals surface area contributed by atoms with Crippen molar-refractivity contribution in [1.29, 1.82) is 5.26 Å². The fraction of sp³-hybridized carbons (Fsp3) is 0.400. The van der Waals surface area contributed by atoms with E-state index in [1.54, 1.807) is 6.20 Å². The molecule has 1 rings (SSSR count). The van der Waals surface area contributed by atoms with Gasteiger partial charge in [-0.15, -0.1) is 0 Å². The second kappa shape index (κ2) is 4.58. The molecule has 0 saturated heterocycles. The molecule has 1 heterocycles. The summed E-state index contributed by atoms with van der Waals surface area (Å²) < 4.78 is 0. The van der Waals surface area contributed by atoms with Crippen LogP contribution < -0.4 is 5.32 Å². The molecule has 0 aliphatic carbocycles. The lowest BCUT2D eigenvalue weighted by atomic mass is 10.1. The highest BCUT2D eigenvalue weighted by Gasteiger charge is 1.99. The van der Waals surface area contributed by atoms with Crippen LogP contribution in [0.15, 0.2) is 12.3 Å². The molecule has 0 unspecified atom stereocenters. The van der Waals surface area contributed by atoms with Crippen molar-refractivity contribution in [2.75, 3.05) is 6.54 Å². The van der Waals surface area contributed by atoms with E-state index in [4.69, 9.17) is 5.26 Å². The number of pyridine rings is 1. The second-order valence-corrected chi connectivity index (χ2v) is 2.87. The molecule has 0 spiro atoms. The first-order valence-corrected chi connectivity index (χ1v) is 4.34. The maximum Gasteiger partial charge on any atom is 0.101 e. The molecule has 0 aromatic carbocycles. The summed E-state index contributed by atoms with van der Waals surface area (Å²) in [6.45, 7) is 5.59. The SMILES string of the molecule is CCNCc1cnc(C)c(C#N)c1. The first kappa shape index (κ1) is 9.69. The fourth-order valence-corrected chi connectivity index (χ4v) is 1.06. The van der Waals surface area contributed by atoms with E-state index in [1.165, 1.54) is 0 Å². The number of aryl methyl sites for hydroxylation is 1. The van der Waals surface area contributed by atoms with E-state index < -0.39 is 0 Å². The molecule has 0 saturated carbocycles. The van der Waals surface area contributed by atoms with Crippen molar-refractivity contribution >= 4 is 0 Å². The normalized spacial score (nSPS) is 9.62. The van der Waals surface area contributed by atoms with Crippen LogP contribution in [0, 0.1) is 18.3 Å². The molecule has 0 bridgehead atoms. The Morgan fingerprint density at radius 1 is 1.62 bits per heavy atom. The summed E-state index contributed by atoms with van der Waals surface area (Å²) in [5.41, 5.74) is 2.52. The molecule has 13 heavy (non-hydrogen) atoms. The van der Waals surface area contributed by atoms with Crippen molar-refractivity contribution in [3.8, 4) is 6.07 Å². The predicted molar refractivity (Wildman–Crippen MR) is 51.1 cm³/mol. The van der Waals surface area contributed by atoms with Crippen LogP contribution in [0.1, 0.15) is 23.7 Å². The van der Waals surface area contributed by atoms with E-state index in [-0.39, 0.29) is 0 Å². The number of hydrogen-bond donors (Lipinski definition) is 1. The molecule has 0 aliphatic rings. The zero-order chi connectivity index (χ0) is 9.68. The number of rotatable bonds is 3. The highest BCUT2D eigenvalue weighted by Crippen LogP contribution is 2.06. The molecule has 0 aliphatic heterocycles. The first-order chi connectivity index (χ1) is 6.27. The van der Waals surface area contributed by atoms with Crippen molar-refractivity contribution in [3.05, 3.63) is 29.1 Å². The molecular weight excluding hydrogens is 162 g/mol. The molecular formula is C10H13N3. The van der Waals surface area contributed by atoms with Crippen LogP contribution >= 0.6 is 0 Å². The Hall–Kier alpha value is -1.40. The summed E-state index contributed by atoms with van der Waals surface area (Å²) >= 11 is 0. The van der Waals surface area contributed by atoms with Crippen LogP contribution in [0.3, 0.4) is 0 Å². The van der Waals surface area contributed by atoms with Crippen molar-refractivity contribution in [3.63, 3.8) is 0 Å². The zero-order valence-corrected chi connectivity index (χ0v) is 7.96. The van der Waals surface area contributed by atoms with Gasteiger partial charge in [-0.3, -0.25) is 4.98 Å². The average Bonchev–Trinajstić information content (AvgIpc) is 2.16. The molecule has 1 aromatic heterocycles. The molecule has 1 N–H and O–H groups in total. The van der Waals surface area contributed by atoms with E-state index >= 15 is 0 Å². The first-order valence-electron chi connectivity index (χ1n) is 4.34. The lowest BCUT2D eigenvalue weighted by Crippen LogP contribution is -2.12. The molecule has 3 heteroatoms. The largest absolute Gasteiger partial charge is 0.313 e. The summed E-state index contributed by atoms with van der Waals surface area (Å²) in [5.74, 6) is 0. The maximum absolute atomic E-state index is 8.76. The molecule has 0 fully saturated rings. The van der Waals surface area contributed by atoms with Gasteiger partial charge in [-0.05, 0) is 25.1 Å². The Kier molecular flexibility index (Phi) is 3.41. The standard InChI is InChI=1S/C10H13N3/c1-3-12-6-9-4-10(5-11)8(2)13-7-9/h4,7,12H,3,6H2,1-2H3. The summed E-state index contributed by atoms with van der Waals surface area (Å²) in [5, 5.41) is 11.9. The third kappa shape index (κ3) is 2.53. The second-order valence-electron chi connectivity index (χ2n) is 2.87. The minimum Gasteiger partial charge on any atom is -0.313 e. The minimum absolute atomic E-state index is 0.662. The number of nitrogens with zero attached hydrogens (tertiary/aromatic N) is 2. The molecule has 0 radical (unpaired) electrons. The Balaban J connectivity index is 2.82. The molecule has 68 valence electrons. The van der Waals surface area contributed by atoms with Crippen molar-refractivity contribution in [2.45, 2.75) is 20.4 Å². The quantitative estimate of drug-likeness (QED) is 0.754. The van der Waals surface area contributed by atoms with Gasteiger partial charge in [-0.2, -0.15) is 5.26 Å². The van der Waals surface area contributed by atoms with E-state index in [1.807, 2.05) is 19.9 Å². The smallest absolute Gasteiger partial charge is 0.101 e. The van der Waals surface area contributed by atoms with Gasteiger partial charge < -0.3 is 5.32 Å². The van der Waals surface area contributed by atoms with Gasteiger partial charge in [0.05, 0.1) is 11.3 Å². The Labute approximate surface area is 78.4 Å². The Morgan fingerprint density at radius 2 is 2.38 bits per heavy atom. The van der Waals surface area contributed by atoms with Gasteiger partial charge in [-0.1, -0.05) is 6.92 Å². The highest BCUT2D eigenvalue weighted by atomic mass is 14.8. The number of hydrogen-bond acceptors (Lipinski definition) is 3. The van der Waals surface area contributed by atoms with Gasteiger partial charge in [-0.25, -0.2) is 0 Å². The zero-order valence-electron chi connectivity index (χ0n) is 7.96. The number of aromatic nitrogens is 1. The molecule has 0 amide bonds. The van der Waals surface area contributed by atoms with Gasteiger partial charge in [0.1, 0.15) is 6.07 Å². The van der Waals surface area contributed by atoms with Crippen LogP contribution in [0.2, 0.25) is 0 Å². The van der Waals surface area contributed by atoms with E-state index in [0.29, 0.717) is 5.56 Å². The summed E-state index contributed by atoms with van der Waals surface area (Å²) in [6, 6.07) is 4.00. The van der Waals surface area contributed by atoms with Gasteiger partial charge in [0.25, 0.3) is 0 Å². The van der Waals surface area contributed by atoms with Crippen LogP contribution in [-0.4, -0.2) is 11.5 Å². The van der Waals surface area contributed by atoms with Gasteiger partial charge in [0, 0.05) is 12.7 Å². The third-order valence-corrected chi connectivity index (χ3v) is 1.84. The maximum atomic E-state index is 8.76. The summed E-state index contributed by atoms with van der Waals surface area (Å²) in [6.07, 6.45) is 1.80. The van der Waals surface area contributed by atoms with E-state index in [9.17, 15) is 0 Å². The average molecular weight is 175 g/mol. The number of nitriles is 1. The third-order valence-electron chi connectivity index (χ3n) is 1.84. The molecule has 3 nitrogen and oxygen atoms in total. The van der Waals surface area contributed by atoms with Crippen LogP contribution in [0.5, 0.6) is 0 Å². The molecule has 1 aromatic rings. The lowest BCUT2D eigenvalue weighted by Gasteiger charge is -2.02. The fourth-order valence-electron chi connectivity index (χ4n) is 1.06. The van der Waals surface area contributed by atoms with Crippen molar-refractivity contribution in [1.82, 2.24) is 10.3 Å². The van der Waals surface area contributed by atoms with E-state index in [2.05, 4.69) is 16.4 Å². The van der Waals surface area contributed by atoms with Crippen LogP contribution in [-0.2, 0) is 6.54 Å². The van der Waals surface area contributed by atoms with E-state index in [0.717, 1.165) is 24.3 Å². The summed E-state index contributed by atoms with van der Waals surface area (Å²) in [7, 11) is 0. The molecule has 0 atom stereocenters. The van der Waals surface area contributed by atoms with Gasteiger partial charge in [0.2, 0.25) is 0 Å². The van der Waals surface area contributed by atoms with Gasteiger partial charge in [0.15, 0.2) is 0 Å².